The van der Waals surface area contributed by atoms with E-state index in [1.165, 1.54) is 17.0 Å². The zero-order chi connectivity index (χ0) is 20.2. The molecule has 0 saturated carbocycles. The maximum absolute atomic E-state index is 13.1. The van der Waals surface area contributed by atoms with Crippen LogP contribution in [0.4, 0.5) is 4.39 Å². The van der Waals surface area contributed by atoms with Gasteiger partial charge in [0.05, 0.1) is 11.4 Å². The molecular formula is C20H28FN5OS. The van der Waals surface area contributed by atoms with Gasteiger partial charge in [0, 0.05) is 43.7 Å². The second kappa shape index (κ2) is 12.1. The first-order valence-electron chi connectivity index (χ1n) is 9.57. The number of carbonyl (C=O) groups is 1. The molecule has 0 fully saturated rings. The van der Waals surface area contributed by atoms with Crippen LogP contribution in [0, 0.1) is 5.82 Å². The molecule has 0 spiro atoms. The Kier molecular flexibility index (Phi) is 9.41. The van der Waals surface area contributed by atoms with Gasteiger partial charge in [-0.1, -0.05) is 19.1 Å². The number of aliphatic imine (C=N–C) groups is 1. The van der Waals surface area contributed by atoms with Crippen molar-refractivity contribution in [1.29, 1.82) is 0 Å². The lowest BCUT2D eigenvalue weighted by molar-refractivity contribution is -0.120. The number of carbonyl (C=O) groups excluding carboxylic acids is 1. The number of halogens is 1. The molecule has 2 rings (SSSR count). The summed E-state index contributed by atoms with van der Waals surface area (Å²) in [5, 5.41) is 10.3. The van der Waals surface area contributed by atoms with Gasteiger partial charge >= 0.3 is 0 Å². The molecule has 0 unspecified atom stereocenters. The number of nitrogens with zero attached hydrogens (tertiary/aromatic N) is 2. The molecule has 152 valence electrons. The van der Waals surface area contributed by atoms with E-state index in [2.05, 4.69) is 32.9 Å². The molecule has 3 N–H and O–H groups in total. The predicted octanol–water partition coefficient (Wildman–Crippen LogP) is 2.30. The molecule has 1 heterocycles. The van der Waals surface area contributed by atoms with E-state index < -0.39 is 0 Å². The summed E-state index contributed by atoms with van der Waals surface area (Å²) in [5.41, 5.74) is 0.661. The van der Waals surface area contributed by atoms with E-state index in [-0.39, 0.29) is 18.1 Å². The third kappa shape index (κ3) is 8.04. The Labute approximate surface area is 169 Å². The van der Waals surface area contributed by atoms with Gasteiger partial charge < -0.3 is 16.0 Å². The Bertz CT molecular complexity index is 777. The topological polar surface area (TPSA) is 78.4 Å². The molecule has 1 amide bonds. The number of rotatable bonds is 10. The first-order valence-corrected chi connectivity index (χ1v) is 10.4. The van der Waals surface area contributed by atoms with Gasteiger partial charge in [0.2, 0.25) is 5.91 Å². The third-order valence-electron chi connectivity index (χ3n) is 3.88. The minimum absolute atomic E-state index is 0.134. The minimum atomic E-state index is -0.331. The Balaban J connectivity index is 1.69. The van der Waals surface area contributed by atoms with Gasteiger partial charge in [0.15, 0.2) is 5.96 Å². The Morgan fingerprint density at radius 3 is 2.75 bits per heavy atom. The van der Waals surface area contributed by atoms with Crippen molar-refractivity contribution in [1.82, 2.24) is 20.9 Å². The minimum Gasteiger partial charge on any atom is -0.357 e. The highest BCUT2D eigenvalue weighted by Gasteiger charge is 2.04. The summed E-state index contributed by atoms with van der Waals surface area (Å²) in [4.78, 5) is 22.2. The molecule has 28 heavy (non-hydrogen) atoms. The summed E-state index contributed by atoms with van der Waals surface area (Å²) < 4.78 is 13.1. The summed E-state index contributed by atoms with van der Waals surface area (Å²) in [6, 6.07) is 6.08. The summed E-state index contributed by atoms with van der Waals surface area (Å²) in [6.07, 6.45) is 3.92. The summed E-state index contributed by atoms with van der Waals surface area (Å²) in [6.45, 7) is 6.56. The maximum atomic E-state index is 13.1. The molecule has 0 aliphatic heterocycles. The van der Waals surface area contributed by atoms with Crippen molar-refractivity contribution in [2.75, 3.05) is 26.2 Å². The zero-order valence-corrected chi connectivity index (χ0v) is 17.2. The van der Waals surface area contributed by atoms with Crippen LogP contribution >= 0.6 is 11.3 Å². The van der Waals surface area contributed by atoms with E-state index in [0.29, 0.717) is 31.2 Å². The van der Waals surface area contributed by atoms with Crippen LogP contribution in [0.25, 0.3) is 0 Å². The largest absolute Gasteiger partial charge is 0.357 e. The van der Waals surface area contributed by atoms with Crippen LogP contribution in [0.2, 0.25) is 0 Å². The normalized spacial score (nSPS) is 11.3. The van der Waals surface area contributed by atoms with Gasteiger partial charge in [-0.15, -0.1) is 11.3 Å². The first-order chi connectivity index (χ1) is 13.6. The molecular weight excluding hydrogens is 377 g/mol. The molecule has 1 aromatic heterocycles. The molecule has 0 saturated heterocycles. The lowest BCUT2D eigenvalue weighted by Crippen LogP contribution is -2.41. The molecule has 0 atom stereocenters. The van der Waals surface area contributed by atoms with E-state index in [4.69, 9.17) is 0 Å². The van der Waals surface area contributed by atoms with Crippen LogP contribution in [-0.2, 0) is 24.1 Å². The van der Waals surface area contributed by atoms with Gasteiger partial charge in [-0.2, -0.15) is 0 Å². The molecule has 0 aliphatic carbocycles. The average molecular weight is 406 g/mol. The number of nitrogens with one attached hydrogen (secondary N) is 3. The van der Waals surface area contributed by atoms with Crippen LogP contribution in [0.5, 0.6) is 0 Å². The Morgan fingerprint density at radius 2 is 2.04 bits per heavy atom. The monoisotopic (exact) mass is 405 g/mol. The van der Waals surface area contributed by atoms with Crippen molar-refractivity contribution >= 4 is 23.2 Å². The number of guanidine groups is 1. The van der Waals surface area contributed by atoms with E-state index in [1.54, 1.807) is 23.5 Å². The van der Waals surface area contributed by atoms with Crippen LogP contribution in [0.3, 0.4) is 0 Å². The second-order valence-corrected chi connectivity index (χ2v) is 7.37. The van der Waals surface area contributed by atoms with Gasteiger partial charge in [-0.05, 0) is 31.0 Å². The SMILES string of the molecule is CCNC(=NCCc1ncc(CC)s1)NCCNC(=O)Cc1cccc(F)c1. The van der Waals surface area contributed by atoms with Crippen LogP contribution in [0.15, 0.2) is 35.5 Å². The lowest BCUT2D eigenvalue weighted by atomic mass is 10.1. The molecule has 8 heteroatoms. The lowest BCUT2D eigenvalue weighted by Gasteiger charge is -2.12. The summed E-state index contributed by atoms with van der Waals surface area (Å²) in [7, 11) is 0. The molecule has 0 radical (unpaired) electrons. The molecule has 1 aromatic carbocycles. The van der Waals surface area contributed by atoms with Crippen molar-refractivity contribution in [2.45, 2.75) is 33.1 Å². The van der Waals surface area contributed by atoms with Gasteiger partial charge in [-0.3, -0.25) is 9.79 Å². The highest BCUT2D eigenvalue weighted by molar-refractivity contribution is 7.11. The standard InChI is InChI=1S/C20H28FN5OS/c1-3-17-14-26-19(28-17)8-9-24-20(22-4-2)25-11-10-23-18(27)13-15-6-5-7-16(21)12-15/h5-7,12,14H,3-4,8-11,13H2,1-2H3,(H,23,27)(H2,22,24,25). The Morgan fingerprint density at radius 1 is 1.21 bits per heavy atom. The van der Waals surface area contributed by atoms with E-state index in [1.807, 2.05) is 13.1 Å². The first kappa shape index (κ1) is 21.8. The number of thiazole rings is 1. The second-order valence-electron chi connectivity index (χ2n) is 6.17. The van der Waals surface area contributed by atoms with E-state index in [0.717, 1.165) is 24.4 Å². The van der Waals surface area contributed by atoms with Crippen LogP contribution < -0.4 is 16.0 Å². The van der Waals surface area contributed by atoms with Crippen molar-refractivity contribution in [3.63, 3.8) is 0 Å². The summed E-state index contributed by atoms with van der Waals surface area (Å²) in [5.74, 6) is 0.251. The van der Waals surface area contributed by atoms with Gasteiger partial charge in [0.25, 0.3) is 0 Å². The fraction of sp³-hybridized carbons (Fsp3) is 0.450. The zero-order valence-electron chi connectivity index (χ0n) is 16.4. The maximum Gasteiger partial charge on any atom is 0.224 e. The third-order valence-corrected chi connectivity index (χ3v) is 5.08. The van der Waals surface area contributed by atoms with Crippen molar-refractivity contribution in [2.24, 2.45) is 4.99 Å². The number of amides is 1. The Hall–Kier alpha value is -2.48. The number of hydrogen-bond donors (Lipinski definition) is 3. The van der Waals surface area contributed by atoms with Crippen LogP contribution in [-0.4, -0.2) is 43.0 Å². The number of aromatic nitrogens is 1. The number of benzene rings is 1. The molecule has 2 aromatic rings. The van der Waals surface area contributed by atoms with Crippen molar-refractivity contribution < 1.29 is 9.18 Å². The van der Waals surface area contributed by atoms with Gasteiger partial charge in [-0.25, -0.2) is 9.37 Å². The number of hydrogen-bond acceptors (Lipinski definition) is 4. The predicted molar refractivity (Wildman–Crippen MR) is 112 cm³/mol. The highest BCUT2D eigenvalue weighted by atomic mass is 32.1. The highest BCUT2D eigenvalue weighted by Crippen LogP contribution is 2.13. The van der Waals surface area contributed by atoms with Crippen molar-refractivity contribution in [3.05, 3.63) is 51.7 Å². The fourth-order valence-corrected chi connectivity index (χ4v) is 3.36. The average Bonchev–Trinajstić information content (AvgIpc) is 3.13. The van der Waals surface area contributed by atoms with Crippen molar-refractivity contribution in [3.8, 4) is 0 Å². The van der Waals surface area contributed by atoms with E-state index in [9.17, 15) is 9.18 Å². The molecule has 0 bridgehead atoms. The smallest absolute Gasteiger partial charge is 0.224 e. The van der Waals surface area contributed by atoms with Crippen LogP contribution in [0.1, 0.15) is 29.3 Å². The van der Waals surface area contributed by atoms with Gasteiger partial charge in [0.1, 0.15) is 5.82 Å². The quantitative estimate of drug-likeness (QED) is 0.322. The van der Waals surface area contributed by atoms with E-state index >= 15 is 0 Å². The molecule has 0 aliphatic rings. The fourth-order valence-electron chi connectivity index (χ4n) is 2.51. The summed E-state index contributed by atoms with van der Waals surface area (Å²) >= 11 is 1.73. The number of aryl methyl sites for hydroxylation is 1. The molecule has 6 nitrogen and oxygen atoms in total.